The third-order valence-corrected chi connectivity index (χ3v) is 5.19. The van der Waals surface area contributed by atoms with Gasteiger partial charge in [0, 0.05) is 10.2 Å². The van der Waals surface area contributed by atoms with E-state index in [1.807, 2.05) is 13.0 Å². The highest BCUT2D eigenvalue weighted by molar-refractivity contribution is 9.10. The molecule has 112 valence electrons. The van der Waals surface area contributed by atoms with Crippen LogP contribution in [0.2, 0.25) is 0 Å². The lowest BCUT2D eigenvalue weighted by Gasteiger charge is -2.14. The Balaban J connectivity index is 2.48. The Morgan fingerprint density at radius 2 is 1.57 bits per heavy atom. The highest BCUT2D eigenvalue weighted by Crippen LogP contribution is 2.27. The molecule has 0 unspecified atom stereocenters. The molecule has 2 aromatic carbocycles. The summed E-state index contributed by atoms with van der Waals surface area (Å²) >= 11 is 3.36. The number of benzene rings is 2. The van der Waals surface area contributed by atoms with Gasteiger partial charge in [0.1, 0.15) is 0 Å². The summed E-state index contributed by atoms with van der Waals surface area (Å²) in [4.78, 5) is 0.273. The van der Waals surface area contributed by atoms with Gasteiger partial charge >= 0.3 is 0 Å². The molecule has 0 aromatic heterocycles. The van der Waals surface area contributed by atoms with E-state index in [0.29, 0.717) is 22.5 Å². The normalized spacial score (nSPS) is 11.4. The molecule has 0 heterocycles. The highest BCUT2D eigenvalue weighted by atomic mass is 79.9. The van der Waals surface area contributed by atoms with E-state index in [-0.39, 0.29) is 4.90 Å². The highest BCUT2D eigenvalue weighted by Gasteiger charge is 2.20. The molecule has 0 aliphatic heterocycles. The van der Waals surface area contributed by atoms with Gasteiger partial charge in [0.25, 0.3) is 10.0 Å². The minimum Gasteiger partial charge on any atom is -0.399 e. The molecule has 2 aromatic rings. The smallest absolute Gasteiger partial charge is 0.262 e. The van der Waals surface area contributed by atoms with Crippen molar-refractivity contribution in [3.63, 3.8) is 0 Å². The Labute approximate surface area is 133 Å². The van der Waals surface area contributed by atoms with Crippen molar-refractivity contribution in [3.05, 3.63) is 51.5 Å². The zero-order valence-electron chi connectivity index (χ0n) is 12.1. The second-order valence-electron chi connectivity index (χ2n) is 5.11. The van der Waals surface area contributed by atoms with E-state index in [1.165, 1.54) is 0 Å². The molecule has 0 aliphatic carbocycles. The van der Waals surface area contributed by atoms with Gasteiger partial charge in [-0.3, -0.25) is 4.72 Å². The summed E-state index contributed by atoms with van der Waals surface area (Å²) in [6.45, 7) is 5.39. The van der Waals surface area contributed by atoms with Crippen molar-refractivity contribution in [1.82, 2.24) is 0 Å². The molecule has 0 bridgehead atoms. The molecule has 3 N–H and O–H groups in total. The van der Waals surface area contributed by atoms with Crippen molar-refractivity contribution in [3.8, 4) is 0 Å². The van der Waals surface area contributed by atoms with Crippen LogP contribution in [0.15, 0.2) is 39.7 Å². The molecular formula is C15H17BrN2O2S. The Morgan fingerprint density at radius 1 is 1.00 bits per heavy atom. The molecule has 2 rings (SSSR count). The molecule has 0 saturated carbocycles. The monoisotopic (exact) mass is 368 g/mol. The topological polar surface area (TPSA) is 72.2 Å². The molecule has 0 saturated heterocycles. The summed E-state index contributed by atoms with van der Waals surface area (Å²) in [6, 6.07) is 8.75. The van der Waals surface area contributed by atoms with E-state index in [0.717, 1.165) is 10.0 Å². The average molecular weight is 369 g/mol. The lowest BCUT2D eigenvalue weighted by atomic mass is 10.1. The Kier molecular flexibility index (Phi) is 4.30. The largest absolute Gasteiger partial charge is 0.399 e. The summed E-state index contributed by atoms with van der Waals surface area (Å²) in [5.41, 5.74) is 9.05. The lowest BCUT2D eigenvalue weighted by molar-refractivity contribution is 0.600. The van der Waals surface area contributed by atoms with Crippen LogP contribution < -0.4 is 10.5 Å². The minimum atomic E-state index is -3.65. The van der Waals surface area contributed by atoms with Gasteiger partial charge in [-0.15, -0.1) is 0 Å². The molecule has 6 heteroatoms. The van der Waals surface area contributed by atoms with E-state index >= 15 is 0 Å². The van der Waals surface area contributed by atoms with Crippen LogP contribution >= 0.6 is 15.9 Å². The van der Waals surface area contributed by atoms with Crippen LogP contribution in [0, 0.1) is 20.8 Å². The Hall–Kier alpha value is -1.53. The van der Waals surface area contributed by atoms with Gasteiger partial charge in [0.2, 0.25) is 0 Å². The molecule has 0 fully saturated rings. The van der Waals surface area contributed by atoms with Crippen molar-refractivity contribution >= 4 is 37.3 Å². The lowest BCUT2D eigenvalue weighted by Crippen LogP contribution is -2.16. The predicted octanol–water partition coefficient (Wildman–Crippen LogP) is 3.76. The number of rotatable bonds is 3. The number of nitrogens with two attached hydrogens (primary N) is 1. The van der Waals surface area contributed by atoms with E-state index in [4.69, 9.17) is 5.73 Å². The van der Waals surface area contributed by atoms with Gasteiger partial charge in [0.05, 0.1) is 10.6 Å². The number of hydrogen-bond acceptors (Lipinski definition) is 3. The van der Waals surface area contributed by atoms with Crippen molar-refractivity contribution in [2.45, 2.75) is 25.7 Å². The number of nitrogens with one attached hydrogen (secondary N) is 1. The molecule has 0 aliphatic rings. The minimum absolute atomic E-state index is 0.273. The van der Waals surface area contributed by atoms with Gasteiger partial charge in [-0.2, -0.15) is 0 Å². The zero-order chi connectivity index (χ0) is 15.8. The second-order valence-corrected chi connectivity index (χ2v) is 7.64. The summed E-state index contributed by atoms with van der Waals surface area (Å²) in [5, 5.41) is 0. The summed E-state index contributed by atoms with van der Waals surface area (Å²) in [6.07, 6.45) is 0. The number of halogens is 1. The van der Waals surface area contributed by atoms with Crippen LogP contribution in [0.1, 0.15) is 16.7 Å². The number of nitrogen functional groups attached to an aromatic ring is 1. The molecule has 4 nitrogen and oxygen atoms in total. The van der Waals surface area contributed by atoms with Crippen molar-refractivity contribution in [1.29, 1.82) is 0 Å². The van der Waals surface area contributed by atoms with Crippen molar-refractivity contribution in [2.24, 2.45) is 0 Å². The first-order chi connectivity index (χ1) is 9.69. The van der Waals surface area contributed by atoms with Gasteiger partial charge in [0.15, 0.2) is 0 Å². The summed E-state index contributed by atoms with van der Waals surface area (Å²) < 4.78 is 28.7. The number of aryl methyl sites for hydroxylation is 3. The second kappa shape index (κ2) is 5.69. The first-order valence-electron chi connectivity index (χ1n) is 6.36. The average Bonchev–Trinajstić information content (AvgIpc) is 2.23. The third-order valence-electron chi connectivity index (χ3n) is 3.05. The fraction of sp³-hybridized carbons (Fsp3) is 0.200. The van der Waals surface area contributed by atoms with Crippen molar-refractivity contribution < 1.29 is 8.42 Å². The number of sulfonamides is 1. The Morgan fingerprint density at radius 3 is 2.10 bits per heavy atom. The van der Waals surface area contributed by atoms with Crippen LogP contribution in [0.3, 0.4) is 0 Å². The molecule has 0 radical (unpaired) electrons. The predicted molar refractivity (Wildman–Crippen MR) is 90.0 cm³/mol. The van der Waals surface area contributed by atoms with E-state index in [2.05, 4.69) is 20.7 Å². The van der Waals surface area contributed by atoms with E-state index in [9.17, 15) is 8.42 Å². The fourth-order valence-corrected chi connectivity index (χ4v) is 4.51. The van der Waals surface area contributed by atoms with Gasteiger partial charge in [-0.25, -0.2) is 8.42 Å². The maximum absolute atomic E-state index is 12.6. The van der Waals surface area contributed by atoms with Crippen LogP contribution in [0.25, 0.3) is 0 Å². The quantitative estimate of drug-likeness (QED) is 0.810. The van der Waals surface area contributed by atoms with E-state index < -0.39 is 10.0 Å². The third kappa shape index (κ3) is 3.57. The van der Waals surface area contributed by atoms with Crippen LogP contribution in [0.4, 0.5) is 11.4 Å². The van der Waals surface area contributed by atoms with Crippen molar-refractivity contribution in [2.75, 3.05) is 10.5 Å². The van der Waals surface area contributed by atoms with Crippen LogP contribution in [-0.4, -0.2) is 8.42 Å². The maximum Gasteiger partial charge on any atom is 0.262 e. The fourth-order valence-electron chi connectivity index (χ4n) is 2.41. The Bertz CT molecular complexity index is 758. The first-order valence-corrected chi connectivity index (χ1v) is 8.63. The number of anilines is 2. The van der Waals surface area contributed by atoms with Crippen LogP contribution in [-0.2, 0) is 10.0 Å². The molecule has 21 heavy (non-hydrogen) atoms. The molecule has 0 atom stereocenters. The van der Waals surface area contributed by atoms with Crippen LogP contribution in [0.5, 0.6) is 0 Å². The van der Waals surface area contributed by atoms with Gasteiger partial charge < -0.3 is 5.73 Å². The SMILES string of the molecule is Cc1cc(Br)cc(NS(=O)(=O)c2c(C)cc(N)cc2C)c1. The standard InChI is InChI=1S/C15H17BrN2O2S/c1-9-4-12(16)8-14(5-9)18-21(19,20)15-10(2)6-13(17)7-11(15)3/h4-8,18H,17H2,1-3H3. The van der Waals surface area contributed by atoms with Gasteiger partial charge in [-0.05, 0) is 67.8 Å². The molecular weight excluding hydrogens is 352 g/mol. The zero-order valence-corrected chi connectivity index (χ0v) is 14.5. The molecule has 0 spiro atoms. The first kappa shape index (κ1) is 15.9. The molecule has 0 amide bonds. The van der Waals surface area contributed by atoms with E-state index in [1.54, 1.807) is 38.1 Å². The maximum atomic E-state index is 12.6. The van der Waals surface area contributed by atoms with Gasteiger partial charge in [-0.1, -0.05) is 15.9 Å². The number of hydrogen-bond donors (Lipinski definition) is 2. The summed E-state index contributed by atoms with van der Waals surface area (Å²) in [5.74, 6) is 0. The summed E-state index contributed by atoms with van der Waals surface area (Å²) in [7, 11) is -3.65.